The molecule has 8 nitrogen and oxygen atoms in total. The van der Waals surface area contributed by atoms with Crippen molar-refractivity contribution in [2.75, 3.05) is 20.3 Å². The SMILES string of the molecule is COc1cccc(-c2nnc3ccc(OCCNC(=O)c4ccccc4)nn23)c1. The van der Waals surface area contributed by atoms with Crippen LogP contribution in [0.3, 0.4) is 0 Å². The molecule has 4 aromatic rings. The van der Waals surface area contributed by atoms with Crippen molar-refractivity contribution in [2.24, 2.45) is 0 Å². The average Bonchev–Trinajstić information content (AvgIpc) is 3.20. The number of aromatic nitrogens is 4. The molecule has 146 valence electrons. The summed E-state index contributed by atoms with van der Waals surface area (Å²) >= 11 is 0. The molecule has 0 fully saturated rings. The summed E-state index contributed by atoms with van der Waals surface area (Å²) in [5.41, 5.74) is 2.05. The van der Waals surface area contributed by atoms with Crippen LogP contribution in [0.2, 0.25) is 0 Å². The fourth-order valence-corrected chi connectivity index (χ4v) is 2.80. The molecule has 1 amide bonds. The van der Waals surface area contributed by atoms with E-state index in [4.69, 9.17) is 9.47 Å². The summed E-state index contributed by atoms with van der Waals surface area (Å²) in [6, 6.07) is 20.1. The number of nitrogens with zero attached hydrogens (tertiary/aromatic N) is 4. The van der Waals surface area contributed by atoms with Gasteiger partial charge in [0.25, 0.3) is 5.91 Å². The fourth-order valence-electron chi connectivity index (χ4n) is 2.80. The second-order valence-corrected chi connectivity index (χ2v) is 6.17. The van der Waals surface area contributed by atoms with Gasteiger partial charge in [0.2, 0.25) is 5.88 Å². The third-order valence-electron chi connectivity index (χ3n) is 4.24. The molecule has 0 aliphatic heterocycles. The number of hydrogen-bond acceptors (Lipinski definition) is 6. The molecule has 2 aromatic heterocycles. The number of carbonyl (C=O) groups excluding carboxylic acids is 1. The minimum atomic E-state index is -0.142. The lowest BCUT2D eigenvalue weighted by atomic mass is 10.2. The van der Waals surface area contributed by atoms with Gasteiger partial charge in [-0.2, -0.15) is 4.52 Å². The first-order valence-electron chi connectivity index (χ1n) is 9.07. The van der Waals surface area contributed by atoms with E-state index < -0.39 is 0 Å². The smallest absolute Gasteiger partial charge is 0.251 e. The minimum Gasteiger partial charge on any atom is -0.497 e. The van der Waals surface area contributed by atoms with Crippen LogP contribution in [-0.4, -0.2) is 46.0 Å². The number of amides is 1. The van der Waals surface area contributed by atoms with Crippen molar-refractivity contribution in [1.29, 1.82) is 0 Å². The molecule has 0 saturated heterocycles. The van der Waals surface area contributed by atoms with E-state index in [2.05, 4.69) is 20.6 Å². The van der Waals surface area contributed by atoms with Crippen LogP contribution in [-0.2, 0) is 0 Å². The van der Waals surface area contributed by atoms with Crippen LogP contribution in [0.4, 0.5) is 0 Å². The first-order chi connectivity index (χ1) is 14.2. The van der Waals surface area contributed by atoms with Gasteiger partial charge in [-0.25, -0.2) is 0 Å². The van der Waals surface area contributed by atoms with Crippen molar-refractivity contribution in [3.63, 3.8) is 0 Å². The Morgan fingerprint density at radius 3 is 2.72 bits per heavy atom. The average molecular weight is 389 g/mol. The van der Waals surface area contributed by atoms with Crippen LogP contribution in [0.25, 0.3) is 17.0 Å². The Kier molecular flexibility index (Phi) is 5.33. The number of methoxy groups -OCH3 is 1. The molecule has 29 heavy (non-hydrogen) atoms. The molecule has 8 heteroatoms. The first kappa shape index (κ1) is 18.4. The minimum absolute atomic E-state index is 0.142. The summed E-state index contributed by atoms with van der Waals surface area (Å²) in [5.74, 6) is 1.58. The van der Waals surface area contributed by atoms with Crippen LogP contribution in [0.15, 0.2) is 66.7 Å². The van der Waals surface area contributed by atoms with Crippen LogP contribution < -0.4 is 14.8 Å². The first-order valence-corrected chi connectivity index (χ1v) is 9.07. The highest BCUT2D eigenvalue weighted by atomic mass is 16.5. The third-order valence-corrected chi connectivity index (χ3v) is 4.24. The highest BCUT2D eigenvalue weighted by molar-refractivity contribution is 5.94. The number of nitrogens with one attached hydrogen (secondary N) is 1. The van der Waals surface area contributed by atoms with Crippen LogP contribution >= 0.6 is 0 Å². The Bertz CT molecular complexity index is 1130. The molecule has 0 spiro atoms. The summed E-state index contributed by atoms with van der Waals surface area (Å²) in [6.45, 7) is 0.645. The maximum atomic E-state index is 12.0. The van der Waals surface area contributed by atoms with E-state index in [0.717, 1.165) is 11.3 Å². The molecule has 0 radical (unpaired) electrons. The molecule has 0 aliphatic carbocycles. The summed E-state index contributed by atoms with van der Waals surface area (Å²) in [5, 5.41) is 15.6. The van der Waals surface area contributed by atoms with E-state index in [1.807, 2.05) is 42.5 Å². The molecule has 2 heterocycles. The predicted octanol–water partition coefficient (Wildman–Crippen LogP) is 2.61. The molecule has 2 aromatic carbocycles. The molecule has 0 atom stereocenters. The van der Waals surface area contributed by atoms with Gasteiger partial charge < -0.3 is 14.8 Å². The van der Waals surface area contributed by atoms with Crippen LogP contribution in [0.5, 0.6) is 11.6 Å². The number of ether oxygens (including phenoxy) is 2. The molecule has 4 rings (SSSR count). The van der Waals surface area contributed by atoms with Crippen LogP contribution in [0, 0.1) is 0 Å². The quantitative estimate of drug-likeness (QED) is 0.489. The normalized spacial score (nSPS) is 10.7. The molecule has 0 unspecified atom stereocenters. The molecule has 0 bridgehead atoms. The van der Waals surface area contributed by atoms with E-state index in [-0.39, 0.29) is 12.5 Å². The van der Waals surface area contributed by atoms with Crippen molar-refractivity contribution in [2.45, 2.75) is 0 Å². The monoisotopic (exact) mass is 389 g/mol. The number of carbonyl (C=O) groups is 1. The highest BCUT2D eigenvalue weighted by Crippen LogP contribution is 2.23. The number of fused-ring (bicyclic) bond motifs is 1. The van der Waals surface area contributed by atoms with E-state index in [9.17, 15) is 4.79 Å². The Morgan fingerprint density at radius 1 is 1.03 bits per heavy atom. The van der Waals surface area contributed by atoms with Crippen molar-refractivity contribution in [3.05, 3.63) is 72.3 Å². The summed E-state index contributed by atoms with van der Waals surface area (Å²) in [7, 11) is 1.61. The maximum absolute atomic E-state index is 12.0. The van der Waals surface area contributed by atoms with Crippen molar-refractivity contribution in [3.8, 4) is 23.0 Å². The molecule has 1 N–H and O–H groups in total. The molecular weight excluding hydrogens is 370 g/mol. The third kappa shape index (κ3) is 4.16. The van der Waals surface area contributed by atoms with Gasteiger partial charge in [0.1, 0.15) is 12.4 Å². The Hall–Kier alpha value is -3.94. The highest BCUT2D eigenvalue weighted by Gasteiger charge is 2.11. The van der Waals surface area contributed by atoms with Crippen molar-refractivity contribution in [1.82, 2.24) is 25.1 Å². The number of benzene rings is 2. The van der Waals surface area contributed by atoms with Gasteiger partial charge in [-0.1, -0.05) is 30.3 Å². The summed E-state index contributed by atoms with van der Waals surface area (Å²) < 4.78 is 12.6. The van der Waals surface area contributed by atoms with Gasteiger partial charge >= 0.3 is 0 Å². The lowest BCUT2D eigenvalue weighted by Crippen LogP contribution is -2.28. The molecule has 0 saturated carbocycles. The molecule has 0 aliphatic rings. The largest absolute Gasteiger partial charge is 0.497 e. The predicted molar refractivity (Wildman–Crippen MR) is 107 cm³/mol. The Balaban J connectivity index is 1.43. The second-order valence-electron chi connectivity index (χ2n) is 6.17. The van der Waals surface area contributed by atoms with Crippen molar-refractivity contribution >= 4 is 11.6 Å². The zero-order chi connectivity index (χ0) is 20.1. The molecular formula is C21H19N5O3. The van der Waals surface area contributed by atoms with E-state index >= 15 is 0 Å². The van der Waals surface area contributed by atoms with Crippen LogP contribution in [0.1, 0.15) is 10.4 Å². The zero-order valence-electron chi connectivity index (χ0n) is 15.8. The van der Waals surface area contributed by atoms with Gasteiger partial charge in [-0.15, -0.1) is 15.3 Å². The Morgan fingerprint density at radius 2 is 1.90 bits per heavy atom. The Labute approximate surface area is 167 Å². The maximum Gasteiger partial charge on any atom is 0.251 e. The lowest BCUT2D eigenvalue weighted by Gasteiger charge is -2.08. The topological polar surface area (TPSA) is 90.6 Å². The van der Waals surface area contributed by atoms with E-state index in [1.165, 1.54) is 0 Å². The summed E-state index contributed by atoms with van der Waals surface area (Å²) in [6.07, 6.45) is 0. The van der Waals surface area contributed by atoms with Crippen molar-refractivity contribution < 1.29 is 14.3 Å². The second kappa shape index (κ2) is 8.39. The van der Waals surface area contributed by atoms with E-state index in [1.54, 1.807) is 35.9 Å². The zero-order valence-corrected chi connectivity index (χ0v) is 15.8. The van der Waals surface area contributed by atoms with Gasteiger partial charge in [-0.05, 0) is 30.3 Å². The van der Waals surface area contributed by atoms with Gasteiger partial charge in [-0.3, -0.25) is 4.79 Å². The van der Waals surface area contributed by atoms with Gasteiger partial charge in [0.15, 0.2) is 11.5 Å². The van der Waals surface area contributed by atoms with Gasteiger partial charge in [0.05, 0.1) is 13.7 Å². The summed E-state index contributed by atoms with van der Waals surface area (Å²) in [4.78, 5) is 12.0. The van der Waals surface area contributed by atoms with E-state index in [0.29, 0.717) is 29.5 Å². The lowest BCUT2D eigenvalue weighted by molar-refractivity contribution is 0.0946. The standard InChI is InChI=1S/C21H19N5O3/c1-28-17-9-5-8-16(14-17)20-24-23-18-10-11-19(25-26(18)20)29-13-12-22-21(27)15-6-3-2-4-7-15/h2-11,14H,12-13H2,1H3,(H,22,27). The number of hydrogen-bond donors (Lipinski definition) is 1. The fraction of sp³-hybridized carbons (Fsp3) is 0.143. The number of rotatable bonds is 7. The van der Waals surface area contributed by atoms with Gasteiger partial charge in [0, 0.05) is 17.2 Å².